The maximum absolute atomic E-state index is 14.1. The standard InChI is InChI=1S/C28H34FN5O3/c1-18(35)34-17-28(11-13-33(14-12-28)27(36)31-22-8-6-5-7-21(22)29)25-20-10-9-19(37-4)15-23(20)30-26(25)24(34)16-32(2)3/h5-10,15,23-24H,11-14,16-17H2,1-4H3,(H,31,36)/t23?,24-/m0/s1. The van der Waals surface area contributed by atoms with Crippen molar-refractivity contribution in [1.82, 2.24) is 14.7 Å². The number of carbonyl (C=O) groups is 2. The molecule has 1 unspecified atom stereocenters. The molecule has 1 N–H and O–H groups in total. The van der Waals surface area contributed by atoms with Crippen molar-refractivity contribution in [3.05, 3.63) is 65.2 Å². The number of nitrogens with zero attached hydrogens (tertiary/aromatic N) is 4. The number of carbonyl (C=O) groups excluding carboxylic acids is 2. The van der Waals surface area contributed by atoms with Gasteiger partial charge in [0, 0.05) is 38.5 Å². The molecule has 9 heteroatoms. The van der Waals surface area contributed by atoms with Crippen molar-refractivity contribution in [3.63, 3.8) is 0 Å². The Morgan fingerprint density at radius 3 is 2.59 bits per heavy atom. The number of hydrogen-bond acceptors (Lipinski definition) is 5. The summed E-state index contributed by atoms with van der Waals surface area (Å²) in [4.78, 5) is 36.8. The summed E-state index contributed by atoms with van der Waals surface area (Å²) in [7, 11) is 5.67. The number of anilines is 1. The third-order valence-corrected chi connectivity index (χ3v) is 7.89. The van der Waals surface area contributed by atoms with Gasteiger partial charge in [0.2, 0.25) is 5.91 Å². The van der Waals surface area contributed by atoms with Crippen molar-refractivity contribution in [3.8, 4) is 0 Å². The number of hydrogen-bond donors (Lipinski definition) is 1. The maximum atomic E-state index is 14.1. The topological polar surface area (TPSA) is 77.5 Å². The van der Waals surface area contributed by atoms with Crippen LogP contribution in [0.3, 0.4) is 0 Å². The number of piperidine rings is 2. The van der Waals surface area contributed by atoms with Gasteiger partial charge in [-0.05, 0) is 62.4 Å². The fourth-order valence-electron chi connectivity index (χ4n) is 6.07. The molecule has 5 rings (SSSR count). The van der Waals surface area contributed by atoms with E-state index < -0.39 is 5.82 Å². The number of para-hydroxylation sites is 1. The molecule has 3 heterocycles. The number of nitrogens with one attached hydrogen (secondary N) is 1. The van der Waals surface area contributed by atoms with Gasteiger partial charge in [0.1, 0.15) is 11.6 Å². The van der Waals surface area contributed by atoms with Gasteiger partial charge in [-0.15, -0.1) is 0 Å². The lowest BCUT2D eigenvalue weighted by atomic mass is 9.65. The number of fused-ring (bicyclic) bond motifs is 3. The number of rotatable bonds is 4. The van der Waals surface area contributed by atoms with Crippen LogP contribution in [-0.4, -0.2) is 91.8 Å². The average molecular weight is 508 g/mol. The highest BCUT2D eigenvalue weighted by molar-refractivity contribution is 6.11. The molecule has 0 saturated carbocycles. The molecular formula is C28H34FN5O3. The number of ether oxygens (including phenoxy) is 1. The third-order valence-electron chi connectivity index (χ3n) is 7.89. The van der Waals surface area contributed by atoms with E-state index in [1.54, 1.807) is 37.1 Å². The summed E-state index contributed by atoms with van der Waals surface area (Å²) in [5.74, 6) is 0.341. The lowest BCUT2D eigenvalue weighted by molar-refractivity contribution is -0.132. The van der Waals surface area contributed by atoms with Crippen LogP contribution in [0.15, 0.2) is 64.4 Å². The summed E-state index contributed by atoms with van der Waals surface area (Å²) < 4.78 is 19.6. The van der Waals surface area contributed by atoms with Crippen molar-refractivity contribution in [2.75, 3.05) is 52.7 Å². The van der Waals surface area contributed by atoms with Crippen LogP contribution >= 0.6 is 0 Å². The van der Waals surface area contributed by atoms with E-state index in [9.17, 15) is 14.0 Å². The van der Waals surface area contributed by atoms with E-state index >= 15 is 0 Å². The van der Waals surface area contributed by atoms with Gasteiger partial charge in [0.25, 0.3) is 0 Å². The Balaban J connectivity index is 1.45. The quantitative estimate of drug-likeness (QED) is 0.677. The molecule has 3 aliphatic heterocycles. The second kappa shape index (κ2) is 9.78. The summed E-state index contributed by atoms with van der Waals surface area (Å²) in [6.07, 6.45) is 7.48. The zero-order valence-electron chi connectivity index (χ0n) is 21.8. The summed E-state index contributed by atoms with van der Waals surface area (Å²) >= 11 is 0. The number of benzene rings is 1. The van der Waals surface area contributed by atoms with E-state index in [-0.39, 0.29) is 35.1 Å². The SMILES string of the molecule is COC1=CC2N=C3C(=C2C=C1)C1(CCN(C(=O)Nc2ccccc2F)CC1)CN(C(C)=O)[C@H]3CN(C)C. The molecule has 1 spiro atoms. The van der Waals surface area contributed by atoms with Gasteiger partial charge < -0.3 is 24.8 Å². The van der Waals surface area contributed by atoms with Gasteiger partial charge in [-0.3, -0.25) is 9.79 Å². The first kappa shape index (κ1) is 25.2. The van der Waals surface area contributed by atoms with E-state index in [1.807, 2.05) is 31.1 Å². The van der Waals surface area contributed by atoms with Crippen LogP contribution in [0.2, 0.25) is 0 Å². The van der Waals surface area contributed by atoms with E-state index in [0.29, 0.717) is 39.0 Å². The zero-order chi connectivity index (χ0) is 26.3. The zero-order valence-corrected chi connectivity index (χ0v) is 21.8. The first-order valence-electron chi connectivity index (χ1n) is 12.7. The van der Waals surface area contributed by atoms with Gasteiger partial charge in [-0.25, -0.2) is 9.18 Å². The highest BCUT2D eigenvalue weighted by Crippen LogP contribution is 2.50. The largest absolute Gasteiger partial charge is 0.497 e. The minimum absolute atomic E-state index is 0.0243. The number of amides is 3. The normalized spacial score (nSPS) is 24.1. The minimum Gasteiger partial charge on any atom is -0.497 e. The number of likely N-dealkylation sites (tertiary alicyclic amines) is 2. The molecule has 2 atom stereocenters. The van der Waals surface area contributed by atoms with E-state index in [2.05, 4.69) is 16.3 Å². The fraction of sp³-hybridized carbons (Fsp3) is 0.464. The van der Waals surface area contributed by atoms with Crippen molar-refractivity contribution in [1.29, 1.82) is 0 Å². The van der Waals surface area contributed by atoms with E-state index in [1.165, 1.54) is 11.6 Å². The Labute approximate surface area is 217 Å². The van der Waals surface area contributed by atoms with Crippen LogP contribution in [0, 0.1) is 11.2 Å². The minimum atomic E-state index is -0.460. The molecule has 0 radical (unpaired) electrons. The van der Waals surface area contributed by atoms with E-state index in [0.717, 1.165) is 17.0 Å². The molecule has 8 nitrogen and oxygen atoms in total. The Morgan fingerprint density at radius 1 is 1.22 bits per heavy atom. The number of methoxy groups -OCH3 is 1. The summed E-state index contributed by atoms with van der Waals surface area (Å²) in [5.41, 5.74) is 3.21. The first-order valence-corrected chi connectivity index (χ1v) is 12.7. The molecule has 196 valence electrons. The van der Waals surface area contributed by atoms with Crippen molar-refractivity contribution < 1.29 is 18.7 Å². The highest BCUT2D eigenvalue weighted by atomic mass is 19.1. The number of allylic oxidation sites excluding steroid dienone is 1. The molecule has 1 aromatic carbocycles. The van der Waals surface area contributed by atoms with Crippen molar-refractivity contribution in [2.24, 2.45) is 10.4 Å². The van der Waals surface area contributed by atoms with Crippen LogP contribution in [0.4, 0.5) is 14.9 Å². The summed E-state index contributed by atoms with van der Waals surface area (Å²) in [6.45, 7) is 3.89. The average Bonchev–Trinajstić information content (AvgIpc) is 3.27. The van der Waals surface area contributed by atoms with Gasteiger partial charge in [-0.1, -0.05) is 18.2 Å². The highest BCUT2D eigenvalue weighted by Gasteiger charge is 2.53. The van der Waals surface area contributed by atoms with E-state index in [4.69, 9.17) is 9.73 Å². The number of likely N-dealkylation sites (N-methyl/N-ethyl adjacent to an activating group) is 1. The van der Waals surface area contributed by atoms with Gasteiger partial charge in [-0.2, -0.15) is 0 Å². The van der Waals surface area contributed by atoms with Crippen molar-refractivity contribution >= 4 is 23.3 Å². The molecule has 37 heavy (non-hydrogen) atoms. The van der Waals surface area contributed by atoms with Gasteiger partial charge in [0.15, 0.2) is 0 Å². The molecule has 1 aliphatic carbocycles. The fourth-order valence-corrected chi connectivity index (χ4v) is 6.07. The molecule has 3 amide bonds. The van der Waals surface area contributed by atoms with Crippen LogP contribution in [-0.2, 0) is 9.53 Å². The smallest absolute Gasteiger partial charge is 0.321 e. The predicted octanol–water partition coefficient (Wildman–Crippen LogP) is 3.45. The van der Waals surface area contributed by atoms with Crippen molar-refractivity contribution in [2.45, 2.75) is 31.8 Å². The molecular weight excluding hydrogens is 473 g/mol. The lowest BCUT2D eigenvalue weighted by Gasteiger charge is -2.52. The number of halogens is 1. The first-order chi connectivity index (χ1) is 17.7. The number of aliphatic imine (C=N–C) groups is 1. The van der Waals surface area contributed by atoms with Gasteiger partial charge in [0.05, 0.1) is 30.6 Å². The third kappa shape index (κ3) is 4.56. The summed E-state index contributed by atoms with van der Waals surface area (Å²) in [6, 6.07) is 5.58. The number of urea groups is 1. The molecule has 2 fully saturated rings. The lowest BCUT2D eigenvalue weighted by Crippen LogP contribution is -2.61. The summed E-state index contributed by atoms with van der Waals surface area (Å²) in [5, 5.41) is 2.70. The van der Waals surface area contributed by atoms with Crippen LogP contribution in [0.1, 0.15) is 19.8 Å². The molecule has 0 aromatic heterocycles. The van der Waals surface area contributed by atoms with Crippen LogP contribution < -0.4 is 5.32 Å². The van der Waals surface area contributed by atoms with Crippen LogP contribution in [0.5, 0.6) is 0 Å². The maximum Gasteiger partial charge on any atom is 0.321 e. The Bertz CT molecular complexity index is 1230. The predicted molar refractivity (Wildman–Crippen MR) is 141 cm³/mol. The molecule has 1 aromatic rings. The molecule has 4 aliphatic rings. The Morgan fingerprint density at radius 2 is 1.95 bits per heavy atom. The molecule has 0 bridgehead atoms. The molecule has 2 saturated heterocycles. The second-order valence-corrected chi connectivity index (χ2v) is 10.5. The second-order valence-electron chi connectivity index (χ2n) is 10.5. The van der Waals surface area contributed by atoms with Gasteiger partial charge >= 0.3 is 6.03 Å². The Kier molecular flexibility index (Phi) is 6.66. The van der Waals surface area contributed by atoms with Crippen LogP contribution in [0.25, 0.3) is 0 Å². The Hall–Kier alpha value is -3.46. The monoisotopic (exact) mass is 507 g/mol.